The topological polar surface area (TPSA) is 97.6 Å². The first kappa shape index (κ1) is 23.9. The van der Waals surface area contributed by atoms with Gasteiger partial charge in [-0.3, -0.25) is 0 Å². The maximum absolute atomic E-state index is 9.73. The minimum absolute atomic E-state index is 0.164. The van der Waals surface area contributed by atoms with Gasteiger partial charge in [0.05, 0.1) is 0 Å². The number of hydrogen-bond acceptors (Lipinski definition) is 7. The highest BCUT2D eigenvalue weighted by Gasteiger charge is 2.16. The average Bonchev–Trinajstić information content (AvgIpc) is 3.27. The molecule has 172 valence electrons. The van der Waals surface area contributed by atoms with Crippen LogP contribution in [0.25, 0.3) is 22.9 Å². The van der Waals surface area contributed by atoms with Crippen LogP contribution in [0.5, 0.6) is 5.75 Å². The fourth-order valence-corrected chi connectivity index (χ4v) is 3.64. The third kappa shape index (κ3) is 5.73. The highest BCUT2D eigenvalue weighted by Crippen LogP contribution is 2.32. The maximum atomic E-state index is 9.73. The summed E-state index contributed by atoms with van der Waals surface area (Å²) in [5.41, 5.74) is 11.6. The number of rotatable bonds is 10. The number of nitrogens with zero attached hydrogens (tertiary/aromatic N) is 3. The summed E-state index contributed by atoms with van der Waals surface area (Å²) in [5.74, 6) is 1.75. The maximum Gasteiger partial charge on any atom is 0.248 e. The smallest absolute Gasteiger partial charge is 0.248 e. The molecule has 0 fully saturated rings. The lowest BCUT2D eigenvalue weighted by Crippen LogP contribution is -2.27. The molecule has 1 unspecified atom stereocenters. The van der Waals surface area contributed by atoms with Crippen LogP contribution in [0.15, 0.2) is 34.7 Å². The minimum Gasteiger partial charge on any atom is -0.490 e. The fourth-order valence-electron chi connectivity index (χ4n) is 3.64. The Kier molecular flexibility index (Phi) is 8.01. The summed E-state index contributed by atoms with van der Waals surface area (Å²) in [7, 11) is 2.10. The van der Waals surface area contributed by atoms with Crippen molar-refractivity contribution in [1.82, 2.24) is 15.1 Å². The van der Waals surface area contributed by atoms with E-state index >= 15 is 0 Å². The third-order valence-corrected chi connectivity index (χ3v) is 5.47. The van der Waals surface area contributed by atoms with E-state index in [2.05, 4.69) is 61.1 Å². The predicted molar refractivity (Wildman–Crippen MR) is 127 cm³/mol. The number of aliphatic hydroxyl groups is 1. The van der Waals surface area contributed by atoms with E-state index in [4.69, 9.17) is 14.9 Å². The van der Waals surface area contributed by atoms with Gasteiger partial charge < -0.3 is 24.9 Å². The van der Waals surface area contributed by atoms with Crippen molar-refractivity contribution in [3.63, 3.8) is 0 Å². The van der Waals surface area contributed by atoms with Gasteiger partial charge in [0.2, 0.25) is 11.8 Å². The van der Waals surface area contributed by atoms with Crippen molar-refractivity contribution in [3.8, 4) is 28.7 Å². The number of ether oxygens (including phenoxy) is 1. The zero-order valence-electron chi connectivity index (χ0n) is 19.7. The summed E-state index contributed by atoms with van der Waals surface area (Å²) in [6.07, 6.45) is 0.0873. The van der Waals surface area contributed by atoms with Crippen molar-refractivity contribution >= 4 is 0 Å². The molecule has 0 aliphatic heterocycles. The zero-order chi connectivity index (χ0) is 23.3. The van der Waals surface area contributed by atoms with Crippen LogP contribution >= 0.6 is 0 Å². The van der Waals surface area contributed by atoms with Gasteiger partial charge in [-0.2, -0.15) is 0 Å². The Labute approximate surface area is 190 Å². The summed E-state index contributed by atoms with van der Waals surface area (Å²) in [4.78, 5) is 2.25. The Morgan fingerprint density at radius 1 is 1.06 bits per heavy atom. The molecule has 2 aromatic carbocycles. The van der Waals surface area contributed by atoms with Crippen molar-refractivity contribution in [2.24, 2.45) is 5.73 Å². The van der Waals surface area contributed by atoms with Gasteiger partial charge in [0.25, 0.3) is 0 Å². The lowest BCUT2D eigenvalue weighted by Gasteiger charge is -2.16. The van der Waals surface area contributed by atoms with Crippen molar-refractivity contribution in [1.29, 1.82) is 0 Å². The molecule has 0 aliphatic rings. The molecule has 0 spiro atoms. The number of hydrogen-bond donors (Lipinski definition) is 2. The highest BCUT2D eigenvalue weighted by molar-refractivity contribution is 5.63. The Balaban J connectivity index is 1.89. The molecule has 7 nitrogen and oxygen atoms in total. The minimum atomic E-state index is -0.686. The number of nitrogens with two attached hydrogens (primary N) is 1. The molecule has 1 atom stereocenters. The molecule has 32 heavy (non-hydrogen) atoms. The summed E-state index contributed by atoms with van der Waals surface area (Å²) in [5, 5.41) is 18.4. The first-order valence-corrected chi connectivity index (χ1v) is 11.1. The Morgan fingerprint density at radius 3 is 2.38 bits per heavy atom. The van der Waals surface area contributed by atoms with Crippen LogP contribution in [0.1, 0.15) is 36.1 Å². The van der Waals surface area contributed by atoms with Gasteiger partial charge >= 0.3 is 0 Å². The quantitative estimate of drug-likeness (QED) is 0.498. The van der Waals surface area contributed by atoms with Crippen molar-refractivity contribution < 1.29 is 14.3 Å². The Hall–Kier alpha value is -2.74. The molecule has 1 aromatic heterocycles. The fraction of sp³-hybridized carbons (Fsp3) is 0.440. The van der Waals surface area contributed by atoms with Crippen LogP contribution in [0.3, 0.4) is 0 Å². The van der Waals surface area contributed by atoms with Crippen LogP contribution < -0.4 is 10.5 Å². The van der Waals surface area contributed by atoms with Crippen molar-refractivity contribution in [2.45, 2.75) is 46.8 Å². The van der Waals surface area contributed by atoms with Crippen LogP contribution in [-0.2, 0) is 13.0 Å². The van der Waals surface area contributed by atoms with E-state index in [0.717, 1.165) is 53.1 Å². The average molecular weight is 439 g/mol. The molecule has 0 saturated heterocycles. The number of aryl methyl sites for hydroxylation is 3. The summed E-state index contributed by atoms with van der Waals surface area (Å²) in [6.45, 7) is 10.4. The second-order valence-electron chi connectivity index (χ2n) is 8.29. The summed E-state index contributed by atoms with van der Waals surface area (Å²) in [6, 6.07) is 10.3. The van der Waals surface area contributed by atoms with E-state index in [1.807, 2.05) is 19.1 Å². The van der Waals surface area contributed by atoms with E-state index in [0.29, 0.717) is 11.8 Å². The molecule has 0 amide bonds. The molecule has 1 heterocycles. The largest absolute Gasteiger partial charge is 0.490 e. The van der Waals surface area contributed by atoms with Gasteiger partial charge in [0, 0.05) is 24.2 Å². The molecule has 0 aliphatic carbocycles. The SMILES string of the molecule is CCc1cc(-c2nnc(-c3cc(C)cc(CN(C)CC)c3)o2)cc(C)c1OCC(O)CN. The molecule has 0 radical (unpaired) electrons. The van der Waals surface area contributed by atoms with Crippen molar-refractivity contribution in [2.75, 3.05) is 26.7 Å². The summed E-state index contributed by atoms with van der Waals surface area (Å²) < 4.78 is 11.9. The second kappa shape index (κ2) is 10.7. The van der Waals surface area contributed by atoms with Gasteiger partial charge in [-0.15, -0.1) is 10.2 Å². The second-order valence-corrected chi connectivity index (χ2v) is 8.29. The van der Waals surface area contributed by atoms with E-state index in [1.165, 1.54) is 5.56 Å². The standard InChI is InChI=1S/C25H34N4O3/c1-6-19-12-21(10-17(4)23(19)31-15-22(30)13-26)25-28-27-24(32-25)20-9-16(3)8-18(11-20)14-29(5)7-2/h8-12,22,30H,6-7,13-15,26H2,1-5H3. The lowest BCUT2D eigenvalue weighted by molar-refractivity contribution is 0.113. The van der Waals surface area contributed by atoms with Gasteiger partial charge in [-0.25, -0.2) is 0 Å². The van der Waals surface area contributed by atoms with Gasteiger partial charge in [0.15, 0.2) is 0 Å². The van der Waals surface area contributed by atoms with E-state index in [9.17, 15) is 5.11 Å². The third-order valence-electron chi connectivity index (χ3n) is 5.47. The van der Waals surface area contributed by atoms with E-state index < -0.39 is 6.10 Å². The molecule has 7 heteroatoms. The zero-order valence-corrected chi connectivity index (χ0v) is 19.7. The van der Waals surface area contributed by atoms with Crippen LogP contribution in [0, 0.1) is 13.8 Å². The van der Waals surface area contributed by atoms with Gasteiger partial charge in [-0.05, 0) is 74.8 Å². The highest BCUT2D eigenvalue weighted by atomic mass is 16.5. The molecule has 0 bridgehead atoms. The number of benzene rings is 2. The predicted octanol–water partition coefficient (Wildman–Crippen LogP) is 3.73. The number of aromatic nitrogens is 2. The molecular formula is C25H34N4O3. The van der Waals surface area contributed by atoms with E-state index in [-0.39, 0.29) is 13.2 Å². The lowest BCUT2D eigenvalue weighted by atomic mass is 10.0. The Bertz CT molecular complexity index is 1050. The monoisotopic (exact) mass is 438 g/mol. The molecule has 3 N–H and O–H groups in total. The molecule has 3 aromatic rings. The van der Waals surface area contributed by atoms with Crippen LogP contribution in [-0.4, -0.2) is 53.1 Å². The number of aliphatic hydroxyl groups excluding tert-OH is 1. The van der Waals surface area contributed by atoms with Crippen LogP contribution in [0.4, 0.5) is 0 Å². The van der Waals surface area contributed by atoms with Gasteiger partial charge in [-0.1, -0.05) is 25.5 Å². The molecular weight excluding hydrogens is 404 g/mol. The molecule has 0 saturated carbocycles. The van der Waals surface area contributed by atoms with Crippen LogP contribution in [0.2, 0.25) is 0 Å². The summed E-state index contributed by atoms with van der Waals surface area (Å²) >= 11 is 0. The van der Waals surface area contributed by atoms with Gasteiger partial charge in [0.1, 0.15) is 18.5 Å². The first-order valence-electron chi connectivity index (χ1n) is 11.1. The van der Waals surface area contributed by atoms with Crippen molar-refractivity contribution in [3.05, 3.63) is 52.6 Å². The van der Waals surface area contributed by atoms with E-state index in [1.54, 1.807) is 0 Å². The Morgan fingerprint density at radius 2 is 1.75 bits per heavy atom. The molecule has 3 rings (SSSR count). The normalized spacial score (nSPS) is 12.4. The first-order chi connectivity index (χ1) is 15.3.